The van der Waals surface area contributed by atoms with Gasteiger partial charge >= 0.3 is 5.97 Å². The number of H-pyrrole nitrogens is 2. The zero-order valence-corrected chi connectivity index (χ0v) is 18.5. The van der Waals surface area contributed by atoms with Crippen LogP contribution in [0.15, 0.2) is 58.1 Å². The number of carboxylic acid groups (broad SMARTS) is 1. The Labute approximate surface area is 199 Å². The fraction of sp³-hybridized carbons (Fsp3) is 0.0417. The van der Waals surface area contributed by atoms with Crippen molar-refractivity contribution in [1.82, 2.24) is 19.5 Å². The van der Waals surface area contributed by atoms with Crippen molar-refractivity contribution in [3.8, 4) is 11.1 Å². The summed E-state index contributed by atoms with van der Waals surface area (Å²) in [6.45, 7) is -0.0395. The number of imidazole rings is 1. The van der Waals surface area contributed by atoms with E-state index in [9.17, 15) is 14.7 Å². The van der Waals surface area contributed by atoms with E-state index in [0.717, 1.165) is 0 Å². The molecule has 0 radical (unpaired) electrons. The van der Waals surface area contributed by atoms with Crippen molar-refractivity contribution in [2.45, 2.75) is 6.54 Å². The standard InChI is InChI=1S/C24H15ClFN5O4/c25-13-7-16-15(29-24(27)30-16)6-10(13)9-31-17-8-14(26)11-3-5-35-21(11)19(17)18(20(31)23(33)34)12-2-1-4-28-22(12)32/h1-8H,9H2,(H,28,32)(H,33,34)(H3,27,29,30). The van der Waals surface area contributed by atoms with E-state index in [1.54, 1.807) is 18.2 Å². The number of carbonyl (C=O) groups is 1. The van der Waals surface area contributed by atoms with E-state index in [1.165, 1.54) is 35.2 Å². The maximum Gasteiger partial charge on any atom is 0.353 e. The minimum Gasteiger partial charge on any atom is -0.477 e. The van der Waals surface area contributed by atoms with Gasteiger partial charge in [-0.2, -0.15) is 0 Å². The van der Waals surface area contributed by atoms with Gasteiger partial charge in [-0.25, -0.2) is 14.2 Å². The van der Waals surface area contributed by atoms with Crippen LogP contribution < -0.4 is 11.3 Å². The Hall–Kier alpha value is -4.57. The molecule has 0 unspecified atom stereocenters. The van der Waals surface area contributed by atoms with E-state index < -0.39 is 17.3 Å². The molecular weight excluding hydrogens is 477 g/mol. The third-order valence-electron chi connectivity index (χ3n) is 6.00. The highest BCUT2D eigenvalue weighted by Gasteiger charge is 2.29. The highest BCUT2D eigenvalue weighted by atomic mass is 35.5. The smallest absolute Gasteiger partial charge is 0.353 e. The molecule has 0 bridgehead atoms. The molecule has 0 spiro atoms. The number of nitrogens with two attached hydrogens (primary N) is 1. The molecule has 0 amide bonds. The van der Waals surface area contributed by atoms with Crippen molar-refractivity contribution in [1.29, 1.82) is 0 Å². The first kappa shape index (κ1) is 21.0. The van der Waals surface area contributed by atoms with Gasteiger partial charge in [0.1, 0.15) is 17.1 Å². The number of furan rings is 1. The molecule has 0 aliphatic heterocycles. The fourth-order valence-corrected chi connectivity index (χ4v) is 4.78. The summed E-state index contributed by atoms with van der Waals surface area (Å²) in [7, 11) is 0. The molecule has 2 aromatic carbocycles. The maximum absolute atomic E-state index is 15.0. The Balaban J connectivity index is 1.73. The van der Waals surface area contributed by atoms with Gasteiger partial charge in [0, 0.05) is 23.3 Å². The van der Waals surface area contributed by atoms with Crippen LogP contribution in [0.5, 0.6) is 0 Å². The van der Waals surface area contributed by atoms with Crippen LogP contribution >= 0.6 is 11.6 Å². The van der Waals surface area contributed by atoms with Crippen molar-refractivity contribution in [2.24, 2.45) is 0 Å². The van der Waals surface area contributed by atoms with Crippen LogP contribution in [-0.4, -0.2) is 30.6 Å². The first-order valence-corrected chi connectivity index (χ1v) is 10.8. The number of benzene rings is 2. The lowest BCUT2D eigenvalue weighted by Crippen LogP contribution is -2.13. The average Bonchev–Trinajstić information content (AvgIpc) is 3.50. The number of anilines is 1. The van der Waals surface area contributed by atoms with E-state index in [-0.39, 0.29) is 45.8 Å². The van der Waals surface area contributed by atoms with Gasteiger partial charge in [-0.15, -0.1) is 0 Å². The number of nitrogens with one attached hydrogen (secondary N) is 2. The molecule has 0 aliphatic rings. The van der Waals surface area contributed by atoms with Gasteiger partial charge in [0.15, 0.2) is 5.95 Å². The van der Waals surface area contributed by atoms with Crippen molar-refractivity contribution < 1.29 is 18.7 Å². The molecule has 9 nitrogen and oxygen atoms in total. The normalized spacial score (nSPS) is 11.7. The van der Waals surface area contributed by atoms with Gasteiger partial charge in [-0.05, 0) is 42.0 Å². The second-order valence-corrected chi connectivity index (χ2v) is 8.43. The number of fused-ring (bicyclic) bond motifs is 4. The molecular formula is C24H15ClFN5O4. The Morgan fingerprint density at radius 1 is 1.29 bits per heavy atom. The predicted octanol–water partition coefficient (Wildman–Crippen LogP) is 4.74. The summed E-state index contributed by atoms with van der Waals surface area (Å²) in [5.41, 5.74) is 7.35. The minimum atomic E-state index is -1.30. The van der Waals surface area contributed by atoms with Crippen LogP contribution in [0.1, 0.15) is 16.1 Å². The summed E-state index contributed by atoms with van der Waals surface area (Å²) < 4.78 is 22.0. The fourth-order valence-electron chi connectivity index (χ4n) is 4.56. The number of rotatable bonds is 4. The van der Waals surface area contributed by atoms with Crippen molar-refractivity contribution in [3.05, 3.63) is 81.3 Å². The summed E-state index contributed by atoms with van der Waals surface area (Å²) >= 11 is 6.50. The lowest BCUT2D eigenvalue weighted by Gasteiger charge is -2.11. The molecule has 0 atom stereocenters. The third kappa shape index (κ3) is 3.11. The van der Waals surface area contributed by atoms with Gasteiger partial charge in [-0.3, -0.25) is 4.79 Å². The van der Waals surface area contributed by atoms with E-state index in [2.05, 4.69) is 15.0 Å². The number of carboxylic acids is 1. The topological polar surface area (TPSA) is 143 Å². The van der Waals surface area contributed by atoms with Gasteiger partial charge in [0.2, 0.25) is 0 Å². The van der Waals surface area contributed by atoms with Crippen molar-refractivity contribution in [2.75, 3.05) is 5.73 Å². The summed E-state index contributed by atoms with van der Waals surface area (Å²) in [4.78, 5) is 35.0. The zero-order chi connectivity index (χ0) is 24.4. The average molecular weight is 492 g/mol. The molecule has 0 aliphatic carbocycles. The van der Waals surface area contributed by atoms with E-state index >= 15 is 4.39 Å². The van der Waals surface area contributed by atoms with E-state index in [0.29, 0.717) is 27.0 Å². The Morgan fingerprint density at radius 2 is 2.11 bits per heavy atom. The molecule has 0 fully saturated rings. The van der Waals surface area contributed by atoms with Crippen molar-refractivity contribution in [3.63, 3.8) is 0 Å². The summed E-state index contributed by atoms with van der Waals surface area (Å²) in [6.07, 6.45) is 2.76. The molecule has 0 saturated heterocycles. The van der Waals surface area contributed by atoms with Crippen LogP contribution in [0.2, 0.25) is 5.02 Å². The highest BCUT2D eigenvalue weighted by Crippen LogP contribution is 2.40. The molecule has 174 valence electrons. The predicted molar refractivity (Wildman–Crippen MR) is 129 cm³/mol. The molecule has 4 heterocycles. The molecule has 0 saturated carbocycles. The van der Waals surface area contributed by atoms with E-state index in [1.807, 2.05) is 0 Å². The van der Waals surface area contributed by atoms with Crippen LogP contribution in [0.3, 0.4) is 0 Å². The number of pyridine rings is 1. The minimum absolute atomic E-state index is 0.0395. The van der Waals surface area contributed by atoms with Gasteiger partial charge in [0.05, 0.1) is 39.1 Å². The molecule has 35 heavy (non-hydrogen) atoms. The largest absolute Gasteiger partial charge is 0.477 e. The Bertz CT molecular complexity index is 1880. The molecule has 6 rings (SSSR count). The Kier molecular flexibility index (Phi) is 4.48. The summed E-state index contributed by atoms with van der Waals surface area (Å²) in [6, 6.07) is 9.10. The van der Waals surface area contributed by atoms with Gasteiger partial charge in [-0.1, -0.05) is 11.6 Å². The van der Waals surface area contributed by atoms with Crippen LogP contribution in [0, 0.1) is 5.82 Å². The summed E-state index contributed by atoms with van der Waals surface area (Å²) in [5, 5.41) is 11.1. The number of hydrogen-bond acceptors (Lipinski definition) is 5. The van der Waals surface area contributed by atoms with Gasteiger partial charge in [0.25, 0.3) is 5.56 Å². The first-order valence-electron chi connectivity index (χ1n) is 10.4. The highest BCUT2D eigenvalue weighted by molar-refractivity contribution is 6.32. The number of aromatic amines is 2. The number of halogens is 2. The molecule has 6 aromatic rings. The van der Waals surface area contributed by atoms with Crippen LogP contribution in [0.4, 0.5) is 10.3 Å². The number of aromatic nitrogens is 4. The number of hydrogen-bond donors (Lipinski definition) is 4. The number of aromatic carboxylic acids is 1. The first-order chi connectivity index (χ1) is 16.8. The number of nitrogen functional groups attached to an aromatic ring is 1. The molecule has 5 N–H and O–H groups in total. The SMILES string of the molecule is Nc1nc2cc(Cl)c(Cn3c(C(=O)O)c(-c4ccc[nH]c4=O)c4c5occc5c(F)cc43)cc2[nH]1. The zero-order valence-electron chi connectivity index (χ0n) is 17.7. The molecule has 11 heteroatoms. The monoisotopic (exact) mass is 491 g/mol. The maximum atomic E-state index is 15.0. The lowest BCUT2D eigenvalue weighted by molar-refractivity contribution is 0.0687. The summed E-state index contributed by atoms with van der Waals surface area (Å²) in [5.74, 6) is -1.69. The van der Waals surface area contributed by atoms with Crippen molar-refractivity contribution >= 4 is 56.4 Å². The lowest BCUT2D eigenvalue weighted by atomic mass is 10.0. The van der Waals surface area contributed by atoms with Crippen LogP contribution in [0.25, 0.3) is 44.0 Å². The second-order valence-electron chi connectivity index (χ2n) is 8.03. The van der Waals surface area contributed by atoms with E-state index in [4.69, 9.17) is 21.8 Å². The molecule has 4 aromatic heterocycles. The number of nitrogens with zero attached hydrogens (tertiary/aromatic N) is 2. The second kappa shape index (κ2) is 7.47. The van der Waals surface area contributed by atoms with Gasteiger partial charge < -0.3 is 29.8 Å². The van der Waals surface area contributed by atoms with Crippen LogP contribution in [-0.2, 0) is 6.54 Å². The Morgan fingerprint density at radius 3 is 2.89 bits per heavy atom. The third-order valence-corrected chi connectivity index (χ3v) is 6.36. The quantitative estimate of drug-likeness (QED) is 0.280.